The van der Waals surface area contributed by atoms with Crippen molar-refractivity contribution < 1.29 is 19.0 Å². The highest BCUT2D eigenvalue weighted by Gasteiger charge is 2.32. The molecule has 3 aromatic rings. The zero-order valence-electron chi connectivity index (χ0n) is 23.8. The van der Waals surface area contributed by atoms with Crippen molar-refractivity contribution >= 4 is 34.0 Å². The third-order valence-electron chi connectivity index (χ3n) is 7.14. The van der Waals surface area contributed by atoms with Crippen LogP contribution in [0.2, 0.25) is 0 Å². The fraction of sp³-hybridized carbons (Fsp3) is 0.448. The second kappa shape index (κ2) is 12.4. The van der Waals surface area contributed by atoms with Gasteiger partial charge in [-0.25, -0.2) is 0 Å². The molecule has 1 N–H and O–H groups in total. The monoisotopic (exact) mass is 581 g/mol. The Morgan fingerprint density at radius 3 is 2.52 bits per heavy atom. The van der Waals surface area contributed by atoms with Gasteiger partial charge < -0.3 is 19.5 Å². The number of allylic oxidation sites excluding steroid dienone is 1. The first-order valence-corrected chi connectivity index (χ1v) is 14.8. The molecule has 2 heterocycles. The van der Waals surface area contributed by atoms with Crippen LogP contribution in [0.4, 0.5) is 5.00 Å². The topological polar surface area (TPSA) is 111 Å². The van der Waals surface area contributed by atoms with E-state index in [9.17, 15) is 10.1 Å². The summed E-state index contributed by atoms with van der Waals surface area (Å²) in [5.74, 6) is 2.53. The second-order valence-corrected chi connectivity index (χ2v) is 12.6. The van der Waals surface area contributed by atoms with Crippen LogP contribution in [0.5, 0.6) is 17.2 Å². The van der Waals surface area contributed by atoms with Crippen LogP contribution in [0.3, 0.4) is 0 Å². The molecule has 0 saturated heterocycles. The minimum Gasteiger partial charge on any atom is -0.493 e. The van der Waals surface area contributed by atoms with E-state index in [1.807, 2.05) is 4.57 Å². The summed E-state index contributed by atoms with van der Waals surface area (Å²) < 4.78 is 18.3. The number of anilines is 1. The summed E-state index contributed by atoms with van der Waals surface area (Å²) >= 11 is 2.81. The normalized spacial score (nSPS) is 14.7. The molecule has 2 aromatic heterocycles. The van der Waals surface area contributed by atoms with Crippen LogP contribution in [0.15, 0.2) is 29.9 Å². The van der Waals surface area contributed by atoms with E-state index in [1.54, 1.807) is 39.5 Å². The van der Waals surface area contributed by atoms with Gasteiger partial charge >= 0.3 is 0 Å². The lowest BCUT2D eigenvalue weighted by molar-refractivity contribution is -0.113. The minimum atomic E-state index is -0.199. The van der Waals surface area contributed by atoms with Crippen LogP contribution in [0, 0.1) is 22.7 Å². The van der Waals surface area contributed by atoms with Crippen molar-refractivity contribution in [3.63, 3.8) is 0 Å². The molecule has 11 heteroatoms. The highest BCUT2D eigenvalue weighted by Crippen LogP contribution is 2.44. The van der Waals surface area contributed by atoms with E-state index >= 15 is 0 Å². The van der Waals surface area contributed by atoms with E-state index in [0.29, 0.717) is 51.3 Å². The van der Waals surface area contributed by atoms with Gasteiger partial charge in [-0.3, -0.25) is 9.36 Å². The number of thioether (sulfide) groups is 1. The Hall–Kier alpha value is -3.49. The average molecular weight is 582 g/mol. The third kappa shape index (κ3) is 5.98. The Morgan fingerprint density at radius 2 is 1.95 bits per heavy atom. The van der Waals surface area contributed by atoms with Gasteiger partial charge in [0, 0.05) is 17.0 Å². The molecule has 0 bridgehead atoms. The average Bonchev–Trinajstić information content (AvgIpc) is 3.50. The quantitative estimate of drug-likeness (QED) is 0.230. The third-order valence-corrected chi connectivity index (χ3v) is 9.28. The van der Waals surface area contributed by atoms with E-state index in [2.05, 4.69) is 48.9 Å². The molecule has 0 spiro atoms. The zero-order chi connectivity index (χ0) is 29.0. The van der Waals surface area contributed by atoms with Gasteiger partial charge in [-0.2, -0.15) is 5.26 Å². The fourth-order valence-electron chi connectivity index (χ4n) is 4.94. The molecule has 4 rings (SSSR count). The number of methoxy groups -OCH3 is 3. The summed E-state index contributed by atoms with van der Waals surface area (Å²) in [5.41, 5.74) is 2.62. The lowest BCUT2D eigenvalue weighted by atomic mass is 9.72. The maximum atomic E-state index is 13.0. The number of nitriles is 1. The molecule has 1 aliphatic rings. The fourth-order valence-corrected chi connectivity index (χ4v) is 6.98. The molecule has 1 aromatic carbocycles. The van der Waals surface area contributed by atoms with Gasteiger partial charge in [-0.15, -0.1) is 28.1 Å². The maximum absolute atomic E-state index is 13.0. The molecule has 1 amide bonds. The van der Waals surface area contributed by atoms with Gasteiger partial charge in [0.05, 0.1) is 32.6 Å². The van der Waals surface area contributed by atoms with Gasteiger partial charge in [0.15, 0.2) is 22.5 Å². The van der Waals surface area contributed by atoms with Crippen molar-refractivity contribution in [2.24, 2.45) is 11.3 Å². The highest BCUT2D eigenvalue weighted by molar-refractivity contribution is 7.99. The molecule has 1 atom stereocenters. The predicted octanol–water partition coefficient (Wildman–Crippen LogP) is 5.97. The van der Waals surface area contributed by atoms with E-state index in [4.69, 9.17) is 14.2 Å². The number of ether oxygens (including phenoxy) is 3. The number of hydrogen-bond acceptors (Lipinski definition) is 9. The maximum Gasteiger partial charge on any atom is 0.235 e. The summed E-state index contributed by atoms with van der Waals surface area (Å²) in [4.78, 5) is 14.2. The van der Waals surface area contributed by atoms with Crippen LogP contribution < -0.4 is 19.5 Å². The number of aromatic nitrogens is 3. The molecule has 0 saturated carbocycles. The van der Waals surface area contributed by atoms with Crippen molar-refractivity contribution in [1.82, 2.24) is 14.8 Å². The van der Waals surface area contributed by atoms with Crippen LogP contribution in [-0.4, -0.2) is 47.8 Å². The summed E-state index contributed by atoms with van der Waals surface area (Å²) in [6, 6.07) is 5.94. The number of amides is 1. The minimum absolute atomic E-state index is 0.114. The number of nitrogens with one attached hydrogen (secondary N) is 1. The molecular formula is C29H35N5O4S2. The molecule has 0 radical (unpaired) electrons. The van der Waals surface area contributed by atoms with Gasteiger partial charge in [0.25, 0.3) is 0 Å². The van der Waals surface area contributed by atoms with Crippen molar-refractivity contribution in [3.8, 4) is 34.7 Å². The lowest BCUT2D eigenvalue weighted by Gasteiger charge is -2.33. The first-order valence-electron chi connectivity index (χ1n) is 13.0. The van der Waals surface area contributed by atoms with Crippen LogP contribution in [-0.2, 0) is 24.2 Å². The van der Waals surface area contributed by atoms with Crippen molar-refractivity contribution in [2.75, 3.05) is 32.4 Å². The number of hydrogen-bond donors (Lipinski definition) is 1. The number of carbonyl (C=O) groups excluding carboxylic acids is 1. The Kier molecular flexibility index (Phi) is 9.11. The van der Waals surface area contributed by atoms with E-state index in [0.717, 1.165) is 30.4 Å². The Labute approximate surface area is 243 Å². The highest BCUT2D eigenvalue weighted by atomic mass is 32.2. The van der Waals surface area contributed by atoms with E-state index < -0.39 is 0 Å². The first-order chi connectivity index (χ1) is 19.1. The first kappa shape index (κ1) is 29.5. The van der Waals surface area contributed by atoms with Crippen LogP contribution in [0.25, 0.3) is 11.4 Å². The Balaban J connectivity index is 1.52. The zero-order valence-corrected chi connectivity index (χ0v) is 25.4. The number of carbonyl (C=O) groups is 1. The standard InChI is InChI=1S/C29H35N5O4S2/c1-8-11-34-26(17-12-21(36-5)25(38-7)22(13-17)37-6)32-33-28(34)39-16-24(35)31-27-20(15-30)19-10-9-18(29(2,3)4)14-23(19)40-27/h8,12-13,18H,1,9-11,14,16H2,2-7H3,(H,31,35). The number of rotatable bonds is 10. The van der Waals surface area contributed by atoms with Crippen molar-refractivity contribution in [2.45, 2.75) is 51.7 Å². The number of benzene rings is 1. The van der Waals surface area contributed by atoms with E-state index in [-0.39, 0.29) is 17.1 Å². The van der Waals surface area contributed by atoms with Crippen LogP contribution in [0.1, 0.15) is 43.2 Å². The molecule has 1 unspecified atom stereocenters. The van der Waals surface area contributed by atoms with Crippen molar-refractivity contribution in [3.05, 3.63) is 40.8 Å². The van der Waals surface area contributed by atoms with Gasteiger partial charge in [0.1, 0.15) is 11.1 Å². The summed E-state index contributed by atoms with van der Waals surface area (Å²) in [6.45, 7) is 11.1. The number of nitrogens with zero attached hydrogens (tertiary/aromatic N) is 4. The summed E-state index contributed by atoms with van der Waals surface area (Å²) in [7, 11) is 4.66. The smallest absolute Gasteiger partial charge is 0.235 e. The largest absolute Gasteiger partial charge is 0.493 e. The summed E-state index contributed by atoms with van der Waals surface area (Å²) in [5, 5.41) is 22.8. The second-order valence-electron chi connectivity index (χ2n) is 10.6. The molecule has 1 aliphatic carbocycles. The molecular weight excluding hydrogens is 546 g/mol. The Bertz CT molecular complexity index is 1420. The number of thiophene rings is 1. The van der Waals surface area contributed by atoms with Crippen molar-refractivity contribution in [1.29, 1.82) is 5.26 Å². The van der Waals surface area contributed by atoms with Crippen LogP contribution >= 0.6 is 23.1 Å². The predicted molar refractivity (Wildman–Crippen MR) is 159 cm³/mol. The molecule has 40 heavy (non-hydrogen) atoms. The Morgan fingerprint density at radius 1 is 1.25 bits per heavy atom. The molecule has 0 aliphatic heterocycles. The molecule has 212 valence electrons. The number of fused-ring (bicyclic) bond motifs is 1. The molecule has 0 fully saturated rings. The van der Waals surface area contributed by atoms with Gasteiger partial charge in [-0.05, 0) is 48.3 Å². The molecule has 9 nitrogen and oxygen atoms in total. The van der Waals surface area contributed by atoms with Gasteiger partial charge in [-0.1, -0.05) is 38.6 Å². The lowest BCUT2D eigenvalue weighted by Crippen LogP contribution is -2.26. The van der Waals surface area contributed by atoms with E-state index in [1.165, 1.54) is 28.0 Å². The summed E-state index contributed by atoms with van der Waals surface area (Å²) in [6.07, 6.45) is 4.61. The SMILES string of the molecule is C=CCn1c(SCC(=O)Nc2sc3c(c2C#N)CCC(C(C)(C)C)C3)nnc1-c1cc(OC)c(OC)c(OC)c1. The van der Waals surface area contributed by atoms with Gasteiger partial charge in [0.2, 0.25) is 11.7 Å².